The molecule has 0 radical (unpaired) electrons. The fourth-order valence-corrected chi connectivity index (χ4v) is 4.29. The smallest absolute Gasteiger partial charge is 0.307 e. The molecular weight excluding hydrogens is 501 g/mol. The topological polar surface area (TPSA) is 81.8 Å². The molecule has 3 aromatic carbocycles. The van der Waals surface area contributed by atoms with Crippen LogP contribution in [0.2, 0.25) is 10.0 Å². The Balaban J connectivity index is 1.42. The summed E-state index contributed by atoms with van der Waals surface area (Å²) in [6, 6.07) is 20.0. The van der Waals surface area contributed by atoms with Crippen molar-refractivity contribution in [2.75, 3.05) is 0 Å². The van der Waals surface area contributed by atoms with E-state index in [1.807, 2.05) is 38.1 Å². The monoisotopic (exact) mass is 525 g/mol. The molecule has 0 fully saturated rings. The van der Waals surface area contributed by atoms with Crippen LogP contribution in [0.15, 0.2) is 71.3 Å². The molecule has 0 saturated carbocycles. The second kappa shape index (κ2) is 11.5. The molecule has 4 aromatic rings. The molecule has 0 bridgehead atoms. The van der Waals surface area contributed by atoms with E-state index in [4.69, 9.17) is 42.3 Å². The number of carbonyl (C=O) groups is 1. The van der Waals surface area contributed by atoms with Gasteiger partial charge in [-0.15, -0.1) is 0 Å². The largest absolute Gasteiger partial charge is 0.489 e. The SMILES string of the molecule is CC(C)c1onc(-c2c(Cl)cccc2Cl)c1COc1ccc(COc2ccc(CC(=O)O)cc2)cc1. The van der Waals surface area contributed by atoms with Gasteiger partial charge in [-0.05, 0) is 47.5 Å². The summed E-state index contributed by atoms with van der Waals surface area (Å²) in [5.41, 5.74) is 3.70. The molecule has 0 aliphatic heterocycles. The average Bonchev–Trinajstić information content (AvgIpc) is 3.26. The third kappa shape index (κ3) is 6.20. The first-order valence-electron chi connectivity index (χ1n) is 11.4. The molecule has 1 heterocycles. The first-order valence-corrected chi connectivity index (χ1v) is 12.2. The van der Waals surface area contributed by atoms with Crippen molar-refractivity contribution in [1.29, 1.82) is 0 Å². The lowest BCUT2D eigenvalue weighted by Crippen LogP contribution is -2.02. The van der Waals surface area contributed by atoms with E-state index in [0.717, 1.165) is 22.5 Å². The molecule has 4 rings (SSSR count). The van der Waals surface area contributed by atoms with Gasteiger partial charge < -0.3 is 19.1 Å². The molecule has 1 aromatic heterocycles. The summed E-state index contributed by atoms with van der Waals surface area (Å²) in [7, 11) is 0. The highest BCUT2D eigenvalue weighted by molar-refractivity contribution is 6.39. The van der Waals surface area contributed by atoms with Crippen molar-refractivity contribution < 1.29 is 23.9 Å². The molecule has 8 heteroatoms. The van der Waals surface area contributed by atoms with Gasteiger partial charge in [0, 0.05) is 11.5 Å². The van der Waals surface area contributed by atoms with Crippen molar-refractivity contribution in [3.63, 3.8) is 0 Å². The molecule has 6 nitrogen and oxygen atoms in total. The maximum absolute atomic E-state index is 10.8. The highest BCUT2D eigenvalue weighted by Gasteiger charge is 2.23. The van der Waals surface area contributed by atoms with E-state index in [-0.39, 0.29) is 18.9 Å². The summed E-state index contributed by atoms with van der Waals surface area (Å²) in [6.45, 7) is 4.66. The van der Waals surface area contributed by atoms with Gasteiger partial charge in [-0.25, -0.2) is 0 Å². The van der Waals surface area contributed by atoms with Crippen molar-refractivity contribution >= 4 is 29.2 Å². The van der Waals surface area contributed by atoms with Gasteiger partial charge in [0.1, 0.15) is 36.2 Å². The number of hydrogen-bond donors (Lipinski definition) is 1. The standard InChI is InChI=1S/C28H25Cl2NO5/c1-17(2)28-22(27(31-36-28)26-23(29)4-3-5-24(26)30)16-35-21-12-8-19(9-13-21)15-34-20-10-6-18(7-11-20)14-25(32)33/h3-13,17H,14-16H2,1-2H3,(H,32,33). The lowest BCUT2D eigenvalue weighted by atomic mass is 10.0. The Hall–Kier alpha value is -3.48. The predicted molar refractivity (Wildman–Crippen MR) is 139 cm³/mol. The normalized spacial score (nSPS) is 11.0. The number of aliphatic carboxylic acids is 1. The highest BCUT2D eigenvalue weighted by atomic mass is 35.5. The lowest BCUT2D eigenvalue weighted by Gasteiger charge is -2.11. The first-order chi connectivity index (χ1) is 17.3. The predicted octanol–water partition coefficient (Wildman–Crippen LogP) is 7.56. The zero-order chi connectivity index (χ0) is 25.7. The van der Waals surface area contributed by atoms with Crippen LogP contribution >= 0.6 is 23.2 Å². The van der Waals surface area contributed by atoms with E-state index < -0.39 is 5.97 Å². The fourth-order valence-electron chi connectivity index (χ4n) is 3.72. The second-order valence-corrected chi connectivity index (χ2v) is 9.38. The van der Waals surface area contributed by atoms with Gasteiger partial charge in [-0.3, -0.25) is 4.79 Å². The summed E-state index contributed by atoms with van der Waals surface area (Å²) in [4.78, 5) is 10.8. The Morgan fingerprint density at radius 2 is 1.44 bits per heavy atom. The number of carboxylic acids is 1. The van der Waals surface area contributed by atoms with Crippen LogP contribution in [0.4, 0.5) is 0 Å². The Labute approximate surface area is 219 Å². The van der Waals surface area contributed by atoms with Crippen LogP contribution in [-0.2, 0) is 24.4 Å². The van der Waals surface area contributed by atoms with Crippen LogP contribution in [0, 0.1) is 0 Å². The number of rotatable bonds is 10. The van der Waals surface area contributed by atoms with Crippen LogP contribution in [0.3, 0.4) is 0 Å². The van der Waals surface area contributed by atoms with E-state index in [9.17, 15) is 4.79 Å². The maximum atomic E-state index is 10.8. The molecule has 36 heavy (non-hydrogen) atoms. The average molecular weight is 526 g/mol. The van der Waals surface area contributed by atoms with Crippen LogP contribution in [0.5, 0.6) is 11.5 Å². The number of benzene rings is 3. The van der Waals surface area contributed by atoms with Gasteiger partial charge in [0.25, 0.3) is 0 Å². The molecule has 186 valence electrons. The Morgan fingerprint density at radius 1 is 0.889 bits per heavy atom. The maximum Gasteiger partial charge on any atom is 0.307 e. The number of carboxylic acid groups (broad SMARTS) is 1. The molecule has 0 amide bonds. The van der Waals surface area contributed by atoms with Crippen molar-refractivity contribution in [2.24, 2.45) is 0 Å². The molecular formula is C28H25Cl2NO5. The number of aromatic nitrogens is 1. The Bertz CT molecular complexity index is 1310. The van der Waals surface area contributed by atoms with E-state index in [0.29, 0.717) is 39.4 Å². The summed E-state index contributed by atoms with van der Waals surface area (Å²) >= 11 is 12.8. The summed E-state index contributed by atoms with van der Waals surface area (Å²) in [5, 5.41) is 14.1. The molecule has 0 saturated heterocycles. The van der Waals surface area contributed by atoms with E-state index >= 15 is 0 Å². The van der Waals surface area contributed by atoms with Crippen LogP contribution in [0.25, 0.3) is 11.3 Å². The minimum Gasteiger partial charge on any atom is -0.489 e. The first kappa shape index (κ1) is 25.6. The minimum absolute atomic E-state index is 0.0117. The van der Waals surface area contributed by atoms with Crippen molar-refractivity contribution in [3.8, 4) is 22.8 Å². The molecule has 0 aliphatic carbocycles. The molecule has 0 atom stereocenters. The van der Waals surface area contributed by atoms with Gasteiger partial charge >= 0.3 is 5.97 Å². The number of halogens is 2. The quantitative estimate of drug-likeness (QED) is 0.230. The van der Waals surface area contributed by atoms with E-state index in [1.165, 1.54) is 0 Å². The molecule has 1 N–H and O–H groups in total. The summed E-state index contributed by atoms with van der Waals surface area (Å²) in [6.07, 6.45) is -0.0117. The van der Waals surface area contributed by atoms with Gasteiger partial charge in [-0.2, -0.15) is 0 Å². The van der Waals surface area contributed by atoms with E-state index in [2.05, 4.69) is 5.16 Å². The minimum atomic E-state index is -0.862. The number of ether oxygens (including phenoxy) is 2. The Morgan fingerprint density at radius 3 is 2.00 bits per heavy atom. The highest BCUT2D eigenvalue weighted by Crippen LogP contribution is 2.38. The van der Waals surface area contributed by atoms with Gasteiger partial charge in [-0.1, -0.05) is 72.5 Å². The third-order valence-electron chi connectivity index (χ3n) is 5.53. The Kier molecular flexibility index (Phi) is 8.18. The zero-order valence-electron chi connectivity index (χ0n) is 19.8. The zero-order valence-corrected chi connectivity index (χ0v) is 21.3. The second-order valence-electron chi connectivity index (χ2n) is 8.56. The summed E-state index contributed by atoms with van der Waals surface area (Å²) in [5.74, 6) is 1.32. The molecule has 0 unspecified atom stereocenters. The number of hydrogen-bond acceptors (Lipinski definition) is 5. The van der Waals surface area contributed by atoms with Gasteiger partial charge in [0.2, 0.25) is 0 Å². The van der Waals surface area contributed by atoms with Crippen molar-refractivity contribution in [3.05, 3.63) is 99.2 Å². The molecule has 0 spiro atoms. The number of nitrogens with zero attached hydrogens (tertiary/aromatic N) is 1. The van der Waals surface area contributed by atoms with Crippen LogP contribution in [-0.4, -0.2) is 16.2 Å². The van der Waals surface area contributed by atoms with Crippen LogP contribution in [0.1, 0.15) is 42.2 Å². The van der Waals surface area contributed by atoms with Crippen molar-refractivity contribution in [1.82, 2.24) is 5.16 Å². The summed E-state index contributed by atoms with van der Waals surface area (Å²) < 4.78 is 17.5. The lowest BCUT2D eigenvalue weighted by molar-refractivity contribution is -0.136. The fraction of sp³-hybridized carbons (Fsp3) is 0.214. The third-order valence-corrected chi connectivity index (χ3v) is 6.16. The van der Waals surface area contributed by atoms with E-state index in [1.54, 1.807) is 42.5 Å². The van der Waals surface area contributed by atoms with Gasteiger partial charge in [0.05, 0.1) is 22.0 Å². The van der Waals surface area contributed by atoms with Crippen molar-refractivity contribution in [2.45, 2.75) is 39.4 Å². The van der Waals surface area contributed by atoms with Crippen LogP contribution < -0.4 is 9.47 Å². The molecule has 0 aliphatic rings. The van der Waals surface area contributed by atoms with Gasteiger partial charge in [0.15, 0.2) is 0 Å².